The van der Waals surface area contributed by atoms with E-state index in [0.29, 0.717) is 33.9 Å². The topological polar surface area (TPSA) is 91.1 Å². The number of hydrogen-bond acceptors (Lipinski definition) is 5. The van der Waals surface area contributed by atoms with E-state index in [0.717, 1.165) is 36.0 Å². The van der Waals surface area contributed by atoms with E-state index in [4.69, 9.17) is 17.3 Å². The van der Waals surface area contributed by atoms with Crippen LogP contribution >= 0.6 is 24.0 Å². The van der Waals surface area contributed by atoms with Crippen LogP contribution in [0.15, 0.2) is 70.4 Å². The Bertz CT molecular complexity index is 1850. The van der Waals surface area contributed by atoms with E-state index in [9.17, 15) is 14.0 Å². The van der Waals surface area contributed by atoms with Crippen molar-refractivity contribution in [2.75, 3.05) is 18.0 Å². The van der Waals surface area contributed by atoms with Crippen molar-refractivity contribution < 1.29 is 4.39 Å². The molecular weight excluding hydrogens is 554 g/mol. The summed E-state index contributed by atoms with van der Waals surface area (Å²) in [6.07, 6.45) is 3.56. The van der Waals surface area contributed by atoms with Gasteiger partial charge >= 0.3 is 5.69 Å². The minimum absolute atomic E-state index is 0. The molecule has 4 heterocycles. The van der Waals surface area contributed by atoms with Crippen LogP contribution in [0.2, 0.25) is 5.02 Å². The van der Waals surface area contributed by atoms with Gasteiger partial charge in [0.2, 0.25) is 0 Å². The zero-order valence-corrected chi connectivity index (χ0v) is 23.5. The summed E-state index contributed by atoms with van der Waals surface area (Å²) in [4.78, 5) is 34.1. The summed E-state index contributed by atoms with van der Waals surface area (Å²) in [7, 11) is 1.65. The molecule has 0 aliphatic carbocycles. The Morgan fingerprint density at radius 1 is 1.05 bits per heavy atom. The number of fused-ring (bicyclic) bond motifs is 2. The summed E-state index contributed by atoms with van der Waals surface area (Å²) in [5, 5.41) is 2.34. The monoisotopic (exact) mass is 582 g/mol. The van der Waals surface area contributed by atoms with Gasteiger partial charge in [-0.25, -0.2) is 9.18 Å². The lowest BCUT2D eigenvalue weighted by molar-refractivity contribution is 0.498. The standard InChI is InChI=1S/C29H28ClFN6O2.ClH/c1-34-25-13-26(35-10-4-7-22(32)16-35)36(15-20-11-21(31)8-9-24(20)30)27(25)28(38)37(29(34)39)17-23-12-18-5-2-3-6-19(18)14-33-23;/h2-3,5-6,8-9,11-14,22H,4,7,10,15-17,32H2,1H3;1H/t22-;/m1./s1. The molecule has 40 heavy (non-hydrogen) atoms. The fourth-order valence-corrected chi connectivity index (χ4v) is 5.67. The quantitative estimate of drug-likeness (QED) is 0.334. The van der Waals surface area contributed by atoms with Crippen LogP contribution in [0.5, 0.6) is 0 Å². The molecule has 0 unspecified atom stereocenters. The maximum Gasteiger partial charge on any atom is 0.331 e. The Morgan fingerprint density at radius 2 is 1.82 bits per heavy atom. The molecule has 208 valence electrons. The Balaban J connectivity index is 0.00000323. The molecular formula is C29H29Cl2FN6O2. The molecule has 0 bridgehead atoms. The van der Waals surface area contributed by atoms with Gasteiger partial charge in [-0.1, -0.05) is 35.9 Å². The summed E-state index contributed by atoms with van der Waals surface area (Å²) in [5.74, 6) is 0.328. The molecule has 8 nitrogen and oxygen atoms in total. The first kappa shape index (κ1) is 27.9. The van der Waals surface area contributed by atoms with Crippen molar-refractivity contribution in [1.29, 1.82) is 0 Å². The molecule has 1 atom stereocenters. The minimum atomic E-state index is -0.442. The van der Waals surface area contributed by atoms with E-state index in [1.54, 1.807) is 13.2 Å². The third-order valence-electron chi connectivity index (χ3n) is 7.51. The van der Waals surface area contributed by atoms with Crippen LogP contribution < -0.4 is 21.9 Å². The molecule has 11 heteroatoms. The fraction of sp³-hybridized carbons (Fsp3) is 0.276. The number of aryl methyl sites for hydroxylation is 1. The number of anilines is 1. The second-order valence-corrected chi connectivity index (χ2v) is 10.6. The molecule has 6 rings (SSSR count). The van der Waals surface area contributed by atoms with Gasteiger partial charge < -0.3 is 15.2 Å². The normalized spacial score (nSPS) is 15.5. The number of nitrogens with zero attached hydrogens (tertiary/aromatic N) is 5. The molecule has 1 aliphatic heterocycles. The first-order valence-electron chi connectivity index (χ1n) is 12.9. The second kappa shape index (κ2) is 11.1. The maximum atomic E-state index is 14.2. The number of pyridine rings is 1. The summed E-state index contributed by atoms with van der Waals surface area (Å²) < 4.78 is 18.7. The van der Waals surface area contributed by atoms with Crippen molar-refractivity contribution in [2.24, 2.45) is 12.8 Å². The predicted octanol–water partition coefficient (Wildman–Crippen LogP) is 4.29. The molecule has 0 saturated carbocycles. The van der Waals surface area contributed by atoms with E-state index in [1.165, 1.54) is 27.3 Å². The van der Waals surface area contributed by atoms with Gasteiger partial charge in [0.1, 0.15) is 17.2 Å². The molecule has 2 N–H and O–H groups in total. The largest absolute Gasteiger partial charge is 0.356 e. The summed E-state index contributed by atoms with van der Waals surface area (Å²) in [6.45, 7) is 1.53. The van der Waals surface area contributed by atoms with Crippen LogP contribution in [-0.2, 0) is 20.1 Å². The molecule has 1 fully saturated rings. The van der Waals surface area contributed by atoms with Crippen LogP contribution in [-0.4, -0.2) is 37.8 Å². The molecule has 0 amide bonds. The highest BCUT2D eigenvalue weighted by atomic mass is 35.5. The minimum Gasteiger partial charge on any atom is -0.356 e. The van der Waals surface area contributed by atoms with Gasteiger partial charge in [0, 0.05) is 48.9 Å². The van der Waals surface area contributed by atoms with Gasteiger partial charge in [0.15, 0.2) is 0 Å². The molecule has 0 spiro atoms. The number of nitrogens with two attached hydrogens (primary N) is 1. The second-order valence-electron chi connectivity index (χ2n) is 10.2. The summed E-state index contributed by atoms with van der Waals surface area (Å²) in [6, 6.07) is 15.7. The fourth-order valence-electron chi connectivity index (χ4n) is 5.49. The van der Waals surface area contributed by atoms with E-state index >= 15 is 0 Å². The molecule has 1 saturated heterocycles. The zero-order chi connectivity index (χ0) is 27.3. The molecule has 2 aromatic carbocycles. The van der Waals surface area contributed by atoms with E-state index in [2.05, 4.69) is 9.88 Å². The Kier molecular flexibility index (Phi) is 7.72. The predicted molar refractivity (Wildman–Crippen MR) is 159 cm³/mol. The van der Waals surface area contributed by atoms with Gasteiger partial charge in [0.05, 0.1) is 24.3 Å². The Labute approximate surface area is 240 Å². The molecule has 5 aromatic rings. The SMILES string of the molecule is Cl.Cn1c(=O)n(Cc2cc3ccccc3cn2)c(=O)c2c1cc(N1CCC[C@@H](N)C1)n2Cc1cc(F)ccc1Cl. The van der Waals surface area contributed by atoms with Gasteiger partial charge in [-0.15, -0.1) is 12.4 Å². The highest BCUT2D eigenvalue weighted by Gasteiger charge is 2.25. The number of rotatable bonds is 5. The smallest absolute Gasteiger partial charge is 0.331 e. The first-order chi connectivity index (χ1) is 18.8. The zero-order valence-electron chi connectivity index (χ0n) is 21.9. The number of halogens is 3. The van der Waals surface area contributed by atoms with Crippen LogP contribution in [0.25, 0.3) is 21.8 Å². The average molecular weight is 583 g/mol. The first-order valence-corrected chi connectivity index (χ1v) is 13.3. The summed E-state index contributed by atoms with van der Waals surface area (Å²) >= 11 is 6.45. The maximum absolute atomic E-state index is 14.2. The molecule has 3 aromatic heterocycles. The van der Waals surface area contributed by atoms with Gasteiger partial charge in [-0.2, -0.15) is 0 Å². The third kappa shape index (κ3) is 5.00. The van der Waals surface area contributed by atoms with Crippen molar-refractivity contribution in [3.8, 4) is 0 Å². The van der Waals surface area contributed by atoms with Crippen molar-refractivity contribution in [3.05, 3.63) is 104 Å². The van der Waals surface area contributed by atoms with Crippen LogP contribution in [0.4, 0.5) is 10.2 Å². The van der Waals surface area contributed by atoms with Crippen molar-refractivity contribution in [1.82, 2.24) is 18.7 Å². The highest BCUT2D eigenvalue weighted by molar-refractivity contribution is 6.31. The van der Waals surface area contributed by atoms with E-state index in [1.807, 2.05) is 41.0 Å². The number of aromatic nitrogens is 4. The molecule has 1 aliphatic rings. The average Bonchev–Trinajstić information content (AvgIpc) is 3.31. The van der Waals surface area contributed by atoms with Gasteiger partial charge in [-0.3, -0.25) is 18.9 Å². The number of piperidine rings is 1. The van der Waals surface area contributed by atoms with Crippen molar-refractivity contribution in [2.45, 2.75) is 32.0 Å². The van der Waals surface area contributed by atoms with E-state index < -0.39 is 17.1 Å². The number of benzene rings is 2. The highest BCUT2D eigenvalue weighted by Crippen LogP contribution is 2.29. The van der Waals surface area contributed by atoms with Gasteiger partial charge in [0.25, 0.3) is 5.56 Å². The Morgan fingerprint density at radius 3 is 2.60 bits per heavy atom. The van der Waals surface area contributed by atoms with Crippen molar-refractivity contribution >= 4 is 51.6 Å². The number of hydrogen-bond donors (Lipinski definition) is 1. The lowest BCUT2D eigenvalue weighted by atomic mass is 10.1. The van der Waals surface area contributed by atoms with Gasteiger partial charge in [-0.05, 0) is 48.1 Å². The Hall–Kier alpha value is -3.66. The molecule has 0 radical (unpaired) electrons. The van der Waals surface area contributed by atoms with Crippen LogP contribution in [0.3, 0.4) is 0 Å². The lowest BCUT2D eigenvalue weighted by Gasteiger charge is -2.33. The van der Waals surface area contributed by atoms with Crippen LogP contribution in [0, 0.1) is 5.82 Å². The lowest BCUT2D eigenvalue weighted by Crippen LogP contribution is -2.43. The van der Waals surface area contributed by atoms with E-state index in [-0.39, 0.29) is 31.5 Å². The third-order valence-corrected chi connectivity index (χ3v) is 7.88. The summed E-state index contributed by atoms with van der Waals surface area (Å²) in [5.41, 5.74) is 7.37. The van der Waals surface area contributed by atoms with Crippen molar-refractivity contribution in [3.63, 3.8) is 0 Å². The van der Waals surface area contributed by atoms with Crippen LogP contribution in [0.1, 0.15) is 24.1 Å².